The number of hydrogen-bond acceptors (Lipinski definition) is 5. The van der Waals surface area contributed by atoms with Crippen LogP contribution in [-0.2, 0) is 9.53 Å². The third-order valence-corrected chi connectivity index (χ3v) is 3.20. The monoisotopic (exact) mass is 277 g/mol. The first-order chi connectivity index (χ1) is 9.65. The molecule has 0 unspecified atom stereocenters. The van der Waals surface area contributed by atoms with Gasteiger partial charge in [-0.15, -0.1) is 0 Å². The van der Waals surface area contributed by atoms with Gasteiger partial charge in [-0.2, -0.15) is 0 Å². The van der Waals surface area contributed by atoms with Crippen molar-refractivity contribution in [2.75, 3.05) is 32.8 Å². The van der Waals surface area contributed by atoms with Crippen molar-refractivity contribution in [2.24, 2.45) is 0 Å². The van der Waals surface area contributed by atoms with Gasteiger partial charge < -0.3 is 9.47 Å². The zero-order valence-electron chi connectivity index (χ0n) is 11.6. The van der Waals surface area contributed by atoms with Crippen LogP contribution in [-0.4, -0.2) is 49.5 Å². The van der Waals surface area contributed by atoms with Crippen molar-refractivity contribution < 1.29 is 19.1 Å². The summed E-state index contributed by atoms with van der Waals surface area (Å²) in [5, 5.41) is 0. The number of nitrogens with zero attached hydrogens (tertiary/aromatic N) is 1. The van der Waals surface area contributed by atoms with Gasteiger partial charge in [0.2, 0.25) is 0 Å². The molecule has 0 N–H and O–H groups in total. The van der Waals surface area contributed by atoms with Gasteiger partial charge >= 0.3 is 5.97 Å². The molecule has 0 saturated carbocycles. The predicted octanol–water partition coefficient (Wildman–Crippen LogP) is 1.52. The molecule has 1 aromatic rings. The first-order valence-corrected chi connectivity index (χ1v) is 6.77. The number of carbonyl (C=O) groups is 2. The summed E-state index contributed by atoms with van der Waals surface area (Å²) in [4.78, 5) is 25.1. The van der Waals surface area contributed by atoms with Crippen molar-refractivity contribution in [3.8, 4) is 5.75 Å². The minimum Gasteiger partial charge on any atom is -0.427 e. The normalized spacial score (nSPS) is 15.8. The van der Waals surface area contributed by atoms with Crippen molar-refractivity contribution in [3.63, 3.8) is 0 Å². The zero-order valence-corrected chi connectivity index (χ0v) is 11.6. The SMILES string of the molecule is CC(=O)Oc1ccc(C(=O)CCN2CCOCC2)cc1. The smallest absolute Gasteiger partial charge is 0.308 e. The molecule has 1 aliphatic rings. The number of hydrogen-bond donors (Lipinski definition) is 0. The van der Waals surface area contributed by atoms with E-state index in [2.05, 4.69) is 4.90 Å². The largest absolute Gasteiger partial charge is 0.427 e. The molecule has 5 heteroatoms. The predicted molar refractivity (Wildman–Crippen MR) is 74.0 cm³/mol. The van der Waals surface area contributed by atoms with Gasteiger partial charge in [-0.3, -0.25) is 14.5 Å². The number of Topliss-reactive ketones (excluding diaryl/α,β-unsaturated/α-hetero) is 1. The highest BCUT2D eigenvalue weighted by atomic mass is 16.5. The van der Waals surface area contributed by atoms with Gasteiger partial charge in [0, 0.05) is 38.5 Å². The van der Waals surface area contributed by atoms with Gasteiger partial charge in [0.15, 0.2) is 5.78 Å². The molecule has 1 heterocycles. The molecule has 0 aromatic heterocycles. The Balaban J connectivity index is 1.83. The van der Waals surface area contributed by atoms with Crippen molar-refractivity contribution in [3.05, 3.63) is 29.8 Å². The molecule has 0 radical (unpaired) electrons. The fraction of sp³-hybridized carbons (Fsp3) is 0.467. The van der Waals surface area contributed by atoms with Gasteiger partial charge in [-0.25, -0.2) is 0 Å². The summed E-state index contributed by atoms with van der Waals surface area (Å²) >= 11 is 0. The molecule has 1 aromatic carbocycles. The quantitative estimate of drug-likeness (QED) is 0.464. The molecule has 0 aliphatic carbocycles. The summed E-state index contributed by atoms with van der Waals surface area (Å²) in [5.41, 5.74) is 0.647. The maximum atomic E-state index is 12.1. The molecule has 0 atom stereocenters. The Bertz CT molecular complexity index is 463. The molecule has 0 bridgehead atoms. The third-order valence-electron chi connectivity index (χ3n) is 3.20. The maximum absolute atomic E-state index is 12.1. The Kier molecular flexibility index (Phi) is 5.26. The molecule has 0 spiro atoms. The Labute approximate surface area is 118 Å². The van der Waals surface area contributed by atoms with Crippen LogP contribution in [0.5, 0.6) is 5.75 Å². The van der Waals surface area contributed by atoms with Crippen LogP contribution >= 0.6 is 0 Å². The molecular weight excluding hydrogens is 258 g/mol. The molecule has 1 fully saturated rings. The van der Waals surface area contributed by atoms with Crippen LogP contribution in [0.4, 0.5) is 0 Å². The Morgan fingerprint density at radius 1 is 1.20 bits per heavy atom. The van der Waals surface area contributed by atoms with E-state index in [1.54, 1.807) is 24.3 Å². The van der Waals surface area contributed by atoms with Crippen LogP contribution in [0.25, 0.3) is 0 Å². The van der Waals surface area contributed by atoms with E-state index < -0.39 is 0 Å². The second-order valence-electron chi connectivity index (χ2n) is 4.75. The summed E-state index contributed by atoms with van der Waals surface area (Å²) in [6.07, 6.45) is 0.493. The second kappa shape index (κ2) is 7.17. The van der Waals surface area contributed by atoms with E-state index in [0.29, 0.717) is 17.7 Å². The topological polar surface area (TPSA) is 55.8 Å². The van der Waals surface area contributed by atoms with Crippen LogP contribution in [0.3, 0.4) is 0 Å². The summed E-state index contributed by atoms with van der Waals surface area (Å²) in [6.45, 7) is 5.36. The lowest BCUT2D eigenvalue weighted by atomic mass is 10.1. The van der Waals surface area contributed by atoms with Crippen molar-refractivity contribution in [2.45, 2.75) is 13.3 Å². The van der Waals surface area contributed by atoms with Crippen molar-refractivity contribution in [1.29, 1.82) is 0 Å². The highest BCUT2D eigenvalue weighted by molar-refractivity contribution is 5.96. The standard InChI is InChI=1S/C15H19NO4/c1-12(17)20-14-4-2-13(3-5-14)15(18)6-7-16-8-10-19-11-9-16/h2-5H,6-11H2,1H3. The van der Waals surface area contributed by atoms with Gasteiger partial charge in [0.1, 0.15) is 5.75 Å². The number of ether oxygens (including phenoxy) is 2. The van der Waals surface area contributed by atoms with Crippen LogP contribution in [0.1, 0.15) is 23.7 Å². The number of ketones is 1. The number of benzene rings is 1. The third kappa shape index (κ3) is 4.43. The first-order valence-electron chi connectivity index (χ1n) is 6.77. The zero-order chi connectivity index (χ0) is 14.4. The lowest BCUT2D eigenvalue weighted by molar-refractivity contribution is -0.131. The van der Waals surface area contributed by atoms with Crippen LogP contribution in [0, 0.1) is 0 Å². The highest BCUT2D eigenvalue weighted by Gasteiger charge is 2.13. The fourth-order valence-electron chi connectivity index (χ4n) is 2.10. The molecular formula is C15H19NO4. The number of rotatable bonds is 5. The number of carbonyl (C=O) groups excluding carboxylic acids is 2. The average Bonchev–Trinajstić information content (AvgIpc) is 2.46. The van der Waals surface area contributed by atoms with E-state index in [1.165, 1.54) is 6.92 Å². The lowest BCUT2D eigenvalue weighted by Gasteiger charge is -2.26. The molecule has 1 aliphatic heterocycles. The molecule has 1 saturated heterocycles. The van der Waals surface area contributed by atoms with Crippen molar-refractivity contribution in [1.82, 2.24) is 4.90 Å². The number of morpholine rings is 1. The summed E-state index contributed by atoms with van der Waals surface area (Å²) in [6, 6.07) is 6.67. The van der Waals surface area contributed by atoms with Crippen LogP contribution in [0.2, 0.25) is 0 Å². The minimum absolute atomic E-state index is 0.103. The van der Waals surface area contributed by atoms with Crippen molar-refractivity contribution >= 4 is 11.8 Å². The lowest BCUT2D eigenvalue weighted by Crippen LogP contribution is -2.37. The molecule has 0 amide bonds. The maximum Gasteiger partial charge on any atom is 0.308 e. The van der Waals surface area contributed by atoms with Crippen LogP contribution in [0.15, 0.2) is 24.3 Å². The summed E-state index contributed by atoms with van der Waals surface area (Å²) < 4.78 is 10.2. The van der Waals surface area contributed by atoms with E-state index in [9.17, 15) is 9.59 Å². The number of esters is 1. The molecule has 5 nitrogen and oxygen atoms in total. The molecule has 20 heavy (non-hydrogen) atoms. The first kappa shape index (κ1) is 14.7. The Hall–Kier alpha value is -1.72. The fourth-order valence-corrected chi connectivity index (χ4v) is 2.10. The summed E-state index contributed by atoms with van der Waals surface area (Å²) in [5.74, 6) is 0.199. The molecule has 108 valence electrons. The minimum atomic E-state index is -0.364. The van der Waals surface area contributed by atoms with E-state index in [-0.39, 0.29) is 11.8 Å². The summed E-state index contributed by atoms with van der Waals surface area (Å²) in [7, 11) is 0. The van der Waals surface area contributed by atoms with Gasteiger partial charge in [0.05, 0.1) is 13.2 Å². The molecule has 2 rings (SSSR count). The van der Waals surface area contributed by atoms with Gasteiger partial charge in [0.25, 0.3) is 0 Å². The second-order valence-corrected chi connectivity index (χ2v) is 4.75. The Morgan fingerprint density at radius 2 is 1.85 bits per heavy atom. The van der Waals surface area contributed by atoms with Gasteiger partial charge in [-0.05, 0) is 24.3 Å². The van der Waals surface area contributed by atoms with E-state index in [4.69, 9.17) is 9.47 Å². The van der Waals surface area contributed by atoms with Gasteiger partial charge in [-0.1, -0.05) is 0 Å². The van der Waals surface area contributed by atoms with Crippen LogP contribution < -0.4 is 4.74 Å². The van der Waals surface area contributed by atoms with E-state index >= 15 is 0 Å². The highest BCUT2D eigenvalue weighted by Crippen LogP contribution is 2.14. The average molecular weight is 277 g/mol. The van der Waals surface area contributed by atoms with E-state index in [1.807, 2.05) is 0 Å². The Morgan fingerprint density at radius 3 is 2.45 bits per heavy atom. The van der Waals surface area contributed by atoms with E-state index in [0.717, 1.165) is 32.8 Å².